The number of thioether (sulfide) groups is 1. The molecule has 7 nitrogen and oxygen atoms in total. The van der Waals surface area contributed by atoms with E-state index in [-0.39, 0.29) is 17.1 Å². The lowest BCUT2D eigenvalue weighted by Gasteiger charge is -2.57. The van der Waals surface area contributed by atoms with Gasteiger partial charge < -0.3 is 24.6 Å². The lowest BCUT2D eigenvalue weighted by molar-refractivity contribution is -0.113. The van der Waals surface area contributed by atoms with Crippen molar-refractivity contribution in [1.82, 2.24) is 4.90 Å². The third-order valence-corrected chi connectivity index (χ3v) is 10.5. The van der Waals surface area contributed by atoms with Gasteiger partial charge in [-0.15, -0.1) is 0 Å². The Balaban J connectivity index is 1.23. The number of ether oxygens (including phenoxy) is 2. The average molecular weight is 547 g/mol. The lowest BCUT2D eigenvalue weighted by atomic mass is 9.48. The van der Waals surface area contributed by atoms with Gasteiger partial charge >= 0.3 is 0 Å². The molecule has 2 heterocycles. The lowest BCUT2D eigenvalue weighted by Crippen LogP contribution is -2.48. The second-order valence-electron chi connectivity index (χ2n) is 12.0. The SMILES string of the molecule is COc1cc(/C=C2\SC(N3CCOCC3)=NC2=O)cc(-c2ccc(O)c(C34CC5CC(CC(C5)C3)C4)c2)c1O. The molecule has 2 aliphatic heterocycles. The first-order valence-corrected chi connectivity index (χ1v) is 14.8. The Hall–Kier alpha value is -2.97. The van der Waals surface area contributed by atoms with Crippen LogP contribution < -0.4 is 4.74 Å². The monoisotopic (exact) mass is 546 g/mol. The number of morpholine rings is 1. The zero-order chi connectivity index (χ0) is 26.7. The number of hydrogen-bond donors (Lipinski definition) is 2. The number of aliphatic imine (C=N–C) groups is 1. The summed E-state index contributed by atoms with van der Waals surface area (Å²) in [7, 11) is 1.53. The summed E-state index contributed by atoms with van der Waals surface area (Å²) in [4.78, 5) is 19.6. The fourth-order valence-corrected chi connectivity index (χ4v) is 9.06. The molecule has 6 aliphatic rings. The first-order valence-electron chi connectivity index (χ1n) is 14.0. The minimum Gasteiger partial charge on any atom is -0.508 e. The molecule has 0 aromatic heterocycles. The molecule has 0 spiro atoms. The van der Waals surface area contributed by atoms with Crippen LogP contribution in [0.5, 0.6) is 17.2 Å². The van der Waals surface area contributed by atoms with Crippen LogP contribution in [0.25, 0.3) is 17.2 Å². The van der Waals surface area contributed by atoms with Gasteiger partial charge in [0.2, 0.25) is 0 Å². The molecular weight excluding hydrogens is 512 g/mol. The zero-order valence-electron chi connectivity index (χ0n) is 22.2. The van der Waals surface area contributed by atoms with Crippen molar-refractivity contribution in [2.45, 2.75) is 43.9 Å². The number of methoxy groups -OCH3 is 1. The van der Waals surface area contributed by atoms with Gasteiger partial charge in [0.25, 0.3) is 5.91 Å². The number of amidine groups is 1. The third-order valence-electron chi connectivity index (χ3n) is 9.42. The Kier molecular flexibility index (Phi) is 6.16. The predicted octanol–water partition coefficient (Wildman–Crippen LogP) is 5.54. The maximum Gasteiger partial charge on any atom is 0.286 e. The predicted molar refractivity (Wildman–Crippen MR) is 152 cm³/mol. The molecule has 1 amide bonds. The number of hydrogen-bond acceptors (Lipinski definition) is 7. The third kappa shape index (κ3) is 4.42. The number of aromatic hydroxyl groups is 2. The van der Waals surface area contributed by atoms with Crippen molar-refractivity contribution < 1.29 is 24.5 Å². The first kappa shape index (κ1) is 25.0. The van der Waals surface area contributed by atoms with E-state index in [9.17, 15) is 15.0 Å². The molecule has 0 unspecified atom stereocenters. The van der Waals surface area contributed by atoms with Crippen LogP contribution in [-0.2, 0) is 14.9 Å². The fourth-order valence-electron chi connectivity index (χ4n) is 8.10. The van der Waals surface area contributed by atoms with Gasteiger partial charge in [0.15, 0.2) is 16.7 Å². The highest BCUT2D eigenvalue weighted by atomic mass is 32.2. The summed E-state index contributed by atoms with van der Waals surface area (Å²) < 4.78 is 11.0. The van der Waals surface area contributed by atoms with Crippen molar-refractivity contribution >= 4 is 28.9 Å². The standard InChI is InChI=1S/C31H34N2O5S/c1-37-26-12-18(13-27-29(36)32-30(39-27)33-4-6-38-7-5-33)11-23(28(26)35)22-2-3-25(34)24(14-22)31-15-19-8-20(16-31)10-21(9-19)17-31/h2-3,11-14,19-21,34-35H,4-10,15-17H2,1H3/b27-13-. The molecule has 5 fully saturated rings. The van der Waals surface area contributed by atoms with E-state index in [2.05, 4.69) is 16.0 Å². The maximum atomic E-state index is 12.8. The minimum absolute atomic E-state index is 0.0221. The summed E-state index contributed by atoms with van der Waals surface area (Å²) >= 11 is 1.37. The van der Waals surface area contributed by atoms with E-state index in [1.807, 2.05) is 18.2 Å². The first-order chi connectivity index (χ1) is 18.9. The van der Waals surface area contributed by atoms with E-state index in [0.29, 0.717) is 40.3 Å². The number of carbonyl (C=O) groups excluding carboxylic acids is 1. The molecule has 204 valence electrons. The number of amides is 1. The van der Waals surface area contributed by atoms with E-state index in [1.165, 1.54) is 38.1 Å². The number of phenolic OH excluding ortho intramolecular Hbond substituents is 2. The van der Waals surface area contributed by atoms with E-state index in [4.69, 9.17) is 9.47 Å². The summed E-state index contributed by atoms with van der Waals surface area (Å²) in [5, 5.41) is 22.9. The summed E-state index contributed by atoms with van der Waals surface area (Å²) in [6.45, 7) is 2.69. The zero-order valence-corrected chi connectivity index (χ0v) is 23.0. The Morgan fingerprint density at radius 1 is 1.05 bits per heavy atom. The van der Waals surface area contributed by atoms with Crippen LogP contribution in [0.4, 0.5) is 0 Å². The molecule has 8 rings (SSSR count). The number of rotatable bonds is 4. The average Bonchev–Trinajstić information content (AvgIpc) is 3.29. The van der Waals surface area contributed by atoms with Gasteiger partial charge in [-0.05, 0) is 115 Å². The van der Waals surface area contributed by atoms with Crippen LogP contribution in [0.2, 0.25) is 0 Å². The minimum atomic E-state index is -0.260. The maximum absolute atomic E-state index is 12.8. The van der Waals surface area contributed by atoms with E-state index < -0.39 is 0 Å². The van der Waals surface area contributed by atoms with Gasteiger partial charge in [0.1, 0.15) is 5.75 Å². The van der Waals surface area contributed by atoms with E-state index >= 15 is 0 Å². The molecular formula is C31H34N2O5S. The van der Waals surface area contributed by atoms with Gasteiger partial charge in [-0.1, -0.05) is 6.07 Å². The highest BCUT2D eigenvalue weighted by Gasteiger charge is 2.52. The Morgan fingerprint density at radius 3 is 2.41 bits per heavy atom. The van der Waals surface area contributed by atoms with Crippen LogP contribution >= 0.6 is 11.8 Å². The van der Waals surface area contributed by atoms with Gasteiger partial charge in [-0.3, -0.25) is 4.79 Å². The van der Waals surface area contributed by atoms with Crippen molar-refractivity contribution in [3.8, 4) is 28.4 Å². The smallest absolute Gasteiger partial charge is 0.286 e. The van der Waals surface area contributed by atoms with Crippen molar-refractivity contribution in [2.24, 2.45) is 22.7 Å². The molecule has 39 heavy (non-hydrogen) atoms. The number of carbonyl (C=O) groups is 1. The van der Waals surface area contributed by atoms with Crippen LogP contribution in [0.15, 0.2) is 40.2 Å². The van der Waals surface area contributed by atoms with Gasteiger partial charge in [0, 0.05) is 24.2 Å². The second-order valence-corrected chi connectivity index (χ2v) is 13.0. The summed E-state index contributed by atoms with van der Waals surface area (Å²) in [6.07, 6.45) is 9.24. The Labute approximate surface area is 232 Å². The number of benzene rings is 2. The summed E-state index contributed by atoms with van der Waals surface area (Å²) in [5.74, 6) is 2.76. The van der Waals surface area contributed by atoms with Crippen LogP contribution in [0.1, 0.15) is 49.7 Å². The van der Waals surface area contributed by atoms with Gasteiger partial charge in [-0.25, -0.2) is 0 Å². The Bertz CT molecular complexity index is 1360. The van der Waals surface area contributed by atoms with E-state index in [1.54, 1.807) is 12.1 Å². The van der Waals surface area contributed by atoms with Crippen molar-refractivity contribution in [3.05, 3.63) is 46.4 Å². The Morgan fingerprint density at radius 2 is 1.74 bits per heavy atom. The van der Waals surface area contributed by atoms with Gasteiger partial charge in [0.05, 0.1) is 25.2 Å². The van der Waals surface area contributed by atoms with Gasteiger partial charge in [-0.2, -0.15) is 4.99 Å². The second kappa shape index (κ2) is 9.59. The van der Waals surface area contributed by atoms with Crippen LogP contribution in [-0.4, -0.2) is 59.6 Å². The molecule has 2 aromatic rings. The molecule has 1 saturated heterocycles. The van der Waals surface area contributed by atoms with E-state index in [0.717, 1.165) is 66.8 Å². The van der Waals surface area contributed by atoms with Crippen LogP contribution in [0, 0.1) is 17.8 Å². The largest absolute Gasteiger partial charge is 0.508 e. The number of nitrogens with zero attached hydrogens (tertiary/aromatic N) is 2. The van der Waals surface area contributed by atoms with Crippen molar-refractivity contribution in [2.75, 3.05) is 33.4 Å². The topological polar surface area (TPSA) is 91.6 Å². The van der Waals surface area contributed by atoms with Crippen LogP contribution in [0.3, 0.4) is 0 Å². The number of phenols is 2. The molecule has 4 aliphatic carbocycles. The molecule has 0 radical (unpaired) electrons. The highest BCUT2D eigenvalue weighted by Crippen LogP contribution is 2.62. The summed E-state index contributed by atoms with van der Waals surface area (Å²) in [5.41, 5.74) is 3.25. The molecule has 4 saturated carbocycles. The molecule has 4 bridgehead atoms. The molecule has 0 atom stereocenters. The fraction of sp³-hybridized carbons (Fsp3) is 0.484. The quantitative estimate of drug-likeness (QED) is 0.486. The van der Waals surface area contributed by atoms with Crippen molar-refractivity contribution in [1.29, 1.82) is 0 Å². The molecule has 8 heteroatoms. The highest BCUT2D eigenvalue weighted by molar-refractivity contribution is 8.18. The molecule has 2 aromatic carbocycles. The summed E-state index contributed by atoms with van der Waals surface area (Å²) in [6, 6.07) is 9.36. The molecule has 2 N–H and O–H groups in total. The van der Waals surface area contributed by atoms with Crippen molar-refractivity contribution in [3.63, 3.8) is 0 Å². The normalized spacial score (nSPS) is 30.7.